The van der Waals surface area contributed by atoms with Gasteiger partial charge in [-0.25, -0.2) is 0 Å². The van der Waals surface area contributed by atoms with Crippen LogP contribution in [0.3, 0.4) is 0 Å². The highest BCUT2D eigenvalue weighted by Gasteiger charge is 2.30. The van der Waals surface area contributed by atoms with Crippen LogP contribution in [0.25, 0.3) is 0 Å². The zero-order valence-electron chi connectivity index (χ0n) is 8.92. The van der Waals surface area contributed by atoms with E-state index in [1.807, 2.05) is 0 Å². The first kappa shape index (κ1) is 12.7. The highest BCUT2D eigenvalue weighted by molar-refractivity contribution is 5.78. The maximum absolute atomic E-state index is 10.9. The minimum atomic E-state index is -1.00. The Labute approximate surface area is 83.2 Å². The molecule has 2 N–H and O–H groups in total. The lowest BCUT2D eigenvalue weighted by molar-refractivity contribution is -0.145. The standard InChI is InChI=1S/C10H16O4/c1-6(5-8(11)12)7(2)10(3,4)9(13)14/h5H2,1-4H3,(H,11,12)(H,13,14). The van der Waals surface area contributed by atoms with E-state index in [1.54, 1.807) is 27.7 Å². The molecule has 0 atom stereocenters. The van der Waals surface area contributed by atoms with Gasteiger partial charge in [0.2, 0.25) is 0 Å². The molecule has 0 aliphatic carbocycles. The summed E-state index contributed by atoms with van der Waals surface area (Å²) in [4.78, 5) is 21.3. The third-order valence-corrected chi connectivity index (χ3v) is 2.53. The maximum atomic E-state index is 10.9. The van der Waals surface area contributed by atoms with E-state index in [4.69, 9.17) is 10.2 Å². The van der Waals surface area contributed by atoms with Crippen molar-refractivity contribution in [3.8, 4) is 0 Å². The van der Waals surface area contributed by atoms with E-state index in [2.05, 4.69) is 0 Å². The molecule has 0 amide bonds. The Morgan fingerprint density at radius 3 is 1.86 bits per heavy atom. The second-order valence-corrected chi connectivity index (χ2v) is 3.91. The molecule has 0 aromatic rings. The van der Waals surface area contributed by atoms with Crippen LogP contribution in [0.2, 0.25) is 0 Å². The Hall–Kier alpha value is -1.32. The summed E-state index contributed by atoms with van der Waals surface area (Å²) in [6, 6.07) is 0. The Bertz CT molecular complexity index is 286. The van der Waals surface area contributed by atoms with Crippen LogP contribution in [0.5, 0.6) is 0 Å². The Kier molecular flexibility index (Phi) is 3.86. The van der Waals surface area contributed by atoms with Gasteiger partial charge in [0.15, 0.2) is 0 Å². The van der Waals surface area contributed by atoms with Crippen molar-refractivity contribution < 1.29 is 19.8 Å². The molecule has 4 heteroatoms. The van der Waals surface area contributed by atoms with Crippen molar-refractivity contribution in [1.29, 1.82) is 0 Å². The number of hydrogen-bond donors (Lipinski definition) is 2. The summed E-state index contributed by atoms with van der Waals surface area (Å²) in [6.07, 6.45) is -0.109. The Morgan fingerprint density at radius 2 is 1.57 bits per heavy atom. The molecule has 0 aliphatic rings. The first-order chi connectivity index (χ1) is 6.19. The van der Waals surface area contributed by atoms with Crippen LogP contribution in [0.15, 0.2) is 11.1 Å². The monoisotopic (exact) mass is 200 g/mol. The van der Waals surface area contributed by atoms with Crippen molar-refractivity contribution in [1.82, 2.24) is 0 Å². The van der Waals surface area contributed by atoms with Gasteiger partial charge in [-0.3, -0.25) is 9.59 Å². The molecule has 0 rings (SSSR count). The highest BCUT2D eigenvalue weighted by atomic mass is 16.4. The average molecular weight is 200 g/mol. The summed E-state index contributed by atoms with van der Waals surface area (Å²) in [5, 5.41) is 17.5. The van der Waals surface area contributed by atoms with Gasteiger partial charge in [-0.05, 0) is 27.7 Å². The summed E-state index contributed by atoms with van der Waals surface area (Å²) in [5.41, 5.74) is 0.205. The van der Waals surface area contributed by atoms with Crippen LogP contribution in [0.4, 0.5) is 0 Å². The maximum Gasteiger partial charge on any atom is 0.313 e. The molecular formula is C10H16O4. The molecule has 0 aliphatic heterocycles. The van der Waals surface area contributed by atoms with Crippen LogP contribution in [0.1, 0.15) is 34.1 Å². The van der Waals surface area contributed by atoms with Crippen molar-refractivity contribution >= 4 is 11.9 Å². The number of hydrogen-bond acceptors (Lipinski definition) is 2. The molecule has 0 heterocycles. The Morgan fingerprint density at radius 1 is 1.14 bits per heavy atom. The number of rotatable bonds is 4. The molecule has 80 valence electrons. The molecule has 0 aromatic heterocycles. The lowest BCUT2D eigenvalue weighted by Gasteiger charge is -2.22. The van der Waals surface area contributed by atoms with Gasteiger partial charge in [0.1, 0.15) is 0 Å². The summed E-state index contributed by atoms with van der Waals surface area (Å²) in [6.45, 7) is 6.44. The molecule has 0 spiro atoms. The lowest BCUT2D eigenvalue weighted by atomic mass is 9.82. The van der Waals surface area contributed by atoms with E-state index in [0.717, 1.165) is 0 Å². The first-order valence-electron chi connectivity index (χ1n) is 4.31. The molecule has 14 heavy (non-hydrogen) atoms. The van der Waals surface area contributed by atoms with Gasteiger partial charge in [-0.15, -0.1) is 0 Å². The number of carbonyl (C=O) groups is 2. The fraction of sp³-hybridized carbons (Fsp3) is 0.600. The van der Waals surface area contributed by atoms with E-state index < -0.39 is 17.4 Å². The van der Waals surface area contributed by atoms with Crippen molar-refractivity contribution in [2.75, 3.05) is 0 Å². The molecular weight excluding hydrogens is 184 g/mol. The van der Waals surface area contributed by atoms with E-state index >= 15 is 0 Å². The smallest absolute Gasteiger partial charge is 0.313 e. The lowest BCUT2D eigenvalue weighted by Crippen LogP contribution is -2.26. The van der Waals surface area contributed by atoms with Crippen LogP contribution in [0, 0.1) is 5.41 Å². The van der Waals surface area contributed by atoms with Gasteiger partial charge < -0.3 is 10.2 Å². The zero-order chi connectivity index (χ0) is 11.5. The second kappa shape index (κ2) is 4.26. The fourth-order valence-corrected chi connectivity index (χ4v) is 1.05. The van der Waals surface area contributed by atoms with E-state index in [0.29, 0.717) is 11.1 Å². The van der Waals surface area contributed by atoms with Gasteiger partial charge in [0, 0.05) is 0 Å². The quantitative estimate of drug-likeness (QED) is 0.680. The van der Waals surface area contributed by atoms with E-state index in [9.17, 15) is 9.59 Å². The average Bonchev–Trinajstić information content (AvgIpc) is 2.01. The summed E-state index contributed by atoms with van der Waals surface area (Å²) in [5.74, 6) is -1.89. The predicted molar refractivity (Wildman–Crippen MR) is 52.0 cm³/mol. The SMILES string of the molecule is CC(CC(=O)O)=C(C)C(C)(C)C(=O)O. The van der Waals surface area contributed by atoms with Gasteiger partial charge in [-0.2, -0.15) is 0 Å². The van der Waals surface area contributed by atoms with Crippen molar-refractivity contribution in [3.05, 3.63) is 11.1 Å². The van der Waals surface area contributed by atoms with E-state index in [-0.39, 0.29) is 6.42 Å². The van der Waals surface area contributed by atoms with Crippen molar-refractivity contribution in [2.24, 2.45) is 5.41 Å². The van der Waals surface area contributed by atoms with Crippen LogP contribution < -0.4 is 0 Å². The summed E-state index contributed by atoms with van der Waals surface area (Å²) in [7, 11) is 0. The topological polar surface area (TPSA) is 74.6 Å². The highest BCUT2D eigenvalue weighted by Crippen LogP contribution is 2.29. The molecule has 0 saturated heterocycles. The molecule has 0 bridgehead atoms. The zero-order valence-corrected chi connectivity index (χ0v) is 8.92. The molecule has 0 saturated carbocycles. The third kappa shape index (κ3) is 2.87. The van der Waals surface area contributed by atoms with Crippen LogP contribution in [-0.2, 0) is 9.59 Å². The fourth-order valence-electron chi connectivity index (χ4n) is 1.05. The molecule has 0 unspecified atom stereocenters. The molecule has 4 nitrogen and oxygen atoms in total. The van der Waals surface area contributed by atoms with Gasteiger partial charge in [0.05, 0.1) is 11.8 Å². The second-order valence-electron chi connectivity index (χ2n) is 3.91. The van der Waals surface area contributed by atoms with E-state index in [1.165, 1.54) is 0 Å². The van der Waals surface area contributed by atoms with Crippen molar-refractivity contribution in [2.45, 2.75) is 34.1 Å². The summed E-state index contributed by atoms with van der Waals surface area (Å²) >= 11 is 0. The third-order valence-electron chi connectivity index (χ3n) is 2.53. The van der Waals surface area contributed by atoms with Crippen molar-refractivity contribution in [3.63, 3.8) is 0 Å². The van der Waals surface area contributed by atoms with Gasteiger partial charge in [-0.1, -0.05) is 11.1 Å². The number of carboxylic acid groups (broad SMARTS) is 2. The Balaban J connectivity index is 4.98. The predicted octanol–water partition coefficient (Wildman–Crippen LogP) is 1.91. The minimum Gasteiger partial charge on any atom is -0.481 e. The van der Waals surface area contributed by atoms with Crippen LogP contribution in [-0.4, -0.2) is 22.2 Å². The number of carboxylic acids is 2. The molecule has 0 fully saturated rings. The summed E-state index contributed by atoms with van der Waals surface area (Å²) < 4.78 is 0. The molecule has 0 radical (unpaired) electrons. The normalized spacial score (nSPS) is 13.4. The largest absolute Gasteiger partial charge is 0.481 e. The number of aliphatic carboxylic acids is 2. The van der Waals surface area contributed by atoms with Crippen LogP contribution >= 0.6 is 0 Å². The molecule has 0 aromatic carbocycles. The first-order valence-corrected chi connectivity index (χ1v) is 4.31. The van der Waals surface area contributed by atoms with Gasteiger partial charge in [0.25, 0.3) is 0 Å². The minimum absolute atomic E-state index is 0.109. The van der Waals surface area contributed by atoms with Gasteiger partial charge >= 0.3 is 11.9 Å².